The number of hydrogen-bond donors (Lipinski definition) is 0. The van der Waals surface area contributed by atoms with Gasteiger partial charge in [-0.25, -0.2) is 4.39 Å². The first-order valence-corrected chi connectivity index (χ1v) is 15.5. The predicted octanol–water partition coefficient (Wildman–Crippen LogP) is 11.0. The fraction of sp³-hybridized carbons (Fsp3) is 0.600. The molecule has 3 heteroatoms. The summed E-state index contributed by atoms with van der Waals surface area (Å²) in [5.74, 6) is 1.45. The first kappa shape index (κ1) is 28.8. The second-order valence-corrected chi connectivity index (χ2v) is 11.8. The molecule has 2 aliphatic rings. The van der Waals surface area contributed by atoms with Gasteiger partial charge in [0.1, 0.15) is 0 Å². The maximum Gasteiger partial charge on any atom is 0.201 e. The quantitative estimate of drug-likeness (QED) is 0.199. The van der Waals surface area contributed by atoms with Crippen LogP contribution in [0.3, 0.4) is 0 Å². The number of ether oxygens (including phenoxy) is 1. The molecule has 0 aliphatic heterocycles. The van der Waals surface area contributed by atoms with Crippen LogP contribution in [0.15, 0.2) is 48.6 Å². The molecule has 2 aliphatic carbocycles. The smallest absolute Gasteiger partial charge is 0.201 e. The molecule has 2 aromatic rings. The summed E-state index contributed by atoms with van der Waals surface area (Å²) in [7, 11) is 0. The largest absolute Gasteiger partial charge is 0.491 e. The van der Waals surface area contributed by atoms with Crippen molar-refractivity contribution in [2.24, 2.45) is 17.8 Å². The van der Waals surface area contributed by atoms with Crippen molar-refractivity contribution in [2.75, 3.05) is 6.61 Å². The standard InChI is InChI=1S/C35H48F2O/c1-3-5-6-9-26-12-14-27(15-13-26)10-7-8-11-28-16-18-29(19-17-28)30-20-22-31(23-21-30)32-24-25-33(38-4-2)35(37)34(32)36/h7,10,20-29H,3-6,8-9,11-19H2,1-2H3/b10-7+. The van der Waals surface area contributed by atoms with Crippen LogP contribution >= 0.6 is 0 Å². The molecule has 0 unspecified atom stereocenters. The van der Waals surface area contributed by atoms with Gasteiger partial charge in [0.05, 0.1) is 6.61 Å². The minimum absolute atomic E-state index is 0.0297. The Balaban J connectivity index is 1.18. The lowest BCUT2D eigenvalue weighted by atomic mass is 9.77. The molecule has 0 spiro atoms. The van der Waals surface area contributed by atoms with E-state index in [9.17, 15) is 8.78 Å². The van der Waals surface area contributed by atoms with E-state index in [1.54, 1.807) is 13.0 Å². The summed E-state index contributed by atoms with van der Waals surface area (Å²) in [6.07, 6.45) is 23.9. The normalized spacial score (nSPS) is 24.1. The van der Waals surface area contributed by atoms with E-state index in [1.165, 1.54) is 102 Å². The fourth-order valence-electron chi connectivity index (χ4n) is 6.71. The maximum atomic E-state index is 14.6. The maximum absolute atomic E-state index is 14.6. The minimum atomic E-state index is -0.910. The van der Waals surface area contributed by atoms with Crippen LogP contribution in [0.5, 0.6) is 5.75 Å². The van der Waals surface area contributed by atoms with Gasteiger partial charge in [-0.05, 0) is 118 Å². The zero-order valence-electron chi connectivity index (χ0n) is 23.7. The van der Waals surface area contributed by atoms with Gasteiger partial charge in [0.2, 0.25) is 5.82 Å². The highest BCUT2D eigenvalue weighted by Crippen LogP contribution is 2.39. The van der Waals surface area contributed by atoms with E-state index in [-0.39, 0.29) is 11.3 Å². The van der Waals surface area contributed by atoms with Crippen molar-refractivity contribution in [3.8, 4) is 16.9 Å². The van der Waals surface area contributed by atoms with Crippen LogP contribution in [0.1, 0.15) is 115 Å². The van der Waals surface area contributed by atoms with Gasteiger partial charge >= 0.3 is 0 Å². The second kappa shape index (κ2) is 14.8. The first-order valence-electron chi connectivity index (χ1n) is 15.5. The van der Waals surface area contributed by atoms with Crippen LogP contribution in [0.4, 0.5) is 8.78 Å². The summed E-state index contributed by atoms with van der Waals surface area (Å²) in [5, 5.41) is 0. The minimum Gasteiger partial charge on any atom is -0.491 e. The predicted molar refractivity (Wildman–Crippen MR) is 156 cm³/mol. The molecule has 2 aromatic carbocycles. The first-order chi connectivity index (χ1) is 18.6. The summed E-state index contributed by atoms with van der Waals surface area (Å²) >= 11 is 0. The molecule has 2 fully saturated rings. The van der Waals surface area contributed by atoms with Crippen LogP contribution in [-0.4, -0.2) is 6.61 Å². The number of halogens is 2. The highest BCUT2D eigenvalue weighted by molar-refractivity contribution is 5.65. The Morgan fingerprint density at radius 1 is 0.763 bits per heavy atom. The highest BCUT2D eigenvalue weighted by atomic mass is 19.2. The lowest BCUT2D eigenvalue weighted by Crippen LogP contribution is -2.13. The molecule has 208 valence electrons. The van der Waals surface area contributed by atoms with Crippen LogP contribution in [0, 0.1) is 29.4 Å². The molecule has 0 amide bonds. The molecular weight excluding hydrogens is 474 g/mol. The summed E-state index contributed by atoms with van der Waals surface area (Å²) in [5.41, 5.74) is 2.32. The Bertz CT molecular complexity index is 995. The third-order valence-electron chi connectivity index (χ3n) is 9.14. The van der Waals surface area contributed by atoms with Gasteiger partial charge in [0.25, 0.3) is 0 Å². The highest BCUT2D eigenvalue weighted by Gasteiger charge is 2.23. The number of benzene rings is 2. The molecule has 38 heavy (non-hydrogen) atoms. The van der Waals surface area contributed by atoms with Crippen LogP contribution < -0.4 is 4.74 Å². The van der Waals surface area contributed by atoms with Crippen LogP contribution in [0.25, 0.3) is 11.1 Å². The Kier molecular flexibility index (Phi) is 11.3. The summed E-state index contributed by atoms with van der Waals surface area (Å²) < 4.78 is 34.1. The lowest BCUT2D eigenvalue weighted by molar-refractivity contribution is 0.288. The van der Waals surface area contributed by atoms with Gasteiger partial charge in [-0.2, -0.15) is 4.39 Å². The van der Waals surface area contributed by atoms with Crippen molar-refractivity contribution >= 4 is 0 Å². The average Bonchev–Trinajstić information content (AvgIpc) is 2.95. The molecule has 0 heterocycles. The van der Waals surface area contributed by atoms with E-state index in [0.29, 0.717) is 18.1 Å². The number of unbranched alkanes of at least 4 members (excludes halogenated alkanes) is 2. The fourth-order valence-corrected chi connectivity index (χ4v) is 6.71. The molecule has 0 N–H and O–H groups in total. The van der Waals surface area contributed by atoms with Gasteiger partial charge in [-0.15, -0.1) is 0 Å². The van der Waals surface area contributed by atoms with Gasteiger partial charge in [-0.1, -0.05) is 69.0 Å². The van der Waals surface area contributed by atoms with E-state index in [1.807, 2.05) is 12.1 Å². The number of hydrogen-bond acceptors (Lipinski definition) is 1. The Morgan fingerprint density at radius 2 is 1.45 bits per heavy atom. The molecule has 2 saturated carbocycles. The zero-order valence-corrected chi connectivity index (χ0v) is 23.7. The monoisotopic (exact) mass is 522 g/mol. The van der Waals surface area contributed by atoms with Gasteiger partial charge in [-0.3, -0.25) is 0 Å². The summed E-state index contributed by atoms with van der Waals surface area (Å²) in [6, 6.07) is 11.2. The topological polar surface area (TPSA) is 9.23 Å². The molecule has 0 aromatic heterocycles. The van der Waals surface area contributed by atoms with Crippen molar-refractivity contribution < 1.29 is 13.5 Å². The SMILES string of the molecule is CCCCCC1CCC(/C=C/CCC2CCC(c3ccc(-c4ccc(OCC)c(F)c4F)cc3)CC2)CC1. The van der Waals surface area contributed by atoms with E-state index in [2.05, 4.69) is 31.2 Å². The molecule has 0 radical (unpaired) electrons. The molecular formula is C35H48F2O. The molecule has 0 bridgehead atoms. The van der Waals surface area contributed by atoms with Crippen molar-refractivity contribution in [3.05, 3.63) is 65.7 Å². The number of allylic oxidation sites excluding steroid dienone is 2. The van der Waals surface area contributed by atoms with Crippen molar-refractivity contribution in [1.29, 1.82) is 0 Å². The lowest BCUT2D eigenvalue weighted by Gasteiger charge is -2.29. The zero-order chi connectivity index (χ0) is 26.7. The molecule has 0 saturated heterocycles. The van der Waals surface area contributed by atoms with Crippen molar-refractivity contribution in [2.45, 2.75) is 110 Å². The van der Waals surface area contributed by atoms with Gasteiger partial charge in [0, 0.05) is 5.56 Å². The Morgan fingerprint density at radius 3 is 2.13 bits per heavy atom. The van der Waals surface area contributed by atoms with Crippen LogP contribution in [0.2, 0.25) is 0 Å². The van der Waals surface area contributed by atoms with E-state index < -0.39 is 11.6 Å². The van der Waals surface area contributed by atoms with Gasteiger partial charge < -0.3 is 4.74 Å². The van der Waals surface area contributed by atoms with E-state index in [4.69, 9.17) is 4.74 Å². The van der Waals surface area contributed by atoms with Crippen LogP contribution in [-0.2, 0) is 0 Å². The Labute approximate surface area is 230 Å². The van der Waals surface area contributed by atoms with Crippen molar-refractivity contribution in [1.82, 2.24) is 0 Å². The summed E-state index contributed by atoms with van der Waals surface area (Å²) in [4.78, 5) is 0. The second-order valence-electron chi connectivity index (χ2n) is 11.8. The molecule has 0 atom stereocenters. The molecule has 4 rings (SSSR count). The van der Waals surface area contributed by atoms with Gasteiger partial charge in [0.15, 0.2) is 11.6 Å². The van der Waals surface area contributed by atoms with E-state index in [0.717, 1.165) is 17.8 Å². The summed E-state index contributed by atoms with van der Waals surface area (Å²) in [6.45, 7) is 4.37. The third-order valence-corrected chi connectivity index (χ3v) is 9.14. The Hall–Kier alpha value is -2.16. The van der Waals surface area contributed by atoms with E-state index >= 15 is 0 Å². The number of rotatable bonds is 12. The molecule has 1 nitrogen and oxygen atoms in total. The van der Waals surface area contributed by atoms with Crippen molar-refractivity contribution in [3.63, 3.8) is 0 Å². The third kappa shape index (κ3) is 7.93. The average molecular weight is 523 g/mol.